The number of nitrogens with one attached hydrogen (secondary N) is 2. The van der Waals surface area contributed by atoms with E-state index >= 15 is 0 Å². The average Bonchev–Trinajstić information content (AvgIpc) is 3.57. The number of hydrogen-bond donors (Lipinski definition) is 2. The Bertz CT molecular complexity index is 2300. The number of benzene rings is 3. The summed E-state index contributed by atoms with van der Waals surface area (Å²) >= 11 is 0. The van der Waals surface area contributed by atoms with Gasteiger partial charge in [-0.25, -0.2) is 19.6 Å². The van der Waals surface area contributed by atoms with Crippen molar-refractivity contribution in [1.82, 2.24) is 29.7 Å². The van der Waals surface area contributed by atoms with Gasteiger partial charge in [0.1, 0.15) is 22.9 Å². The number of H-pyrrole nitrogens is 2. The second kappa shape index (κ2) is 11.7. The van der Waals surface area contributed by atoms with E-state index in [-0.39, 0.29) is 47.2 Å². The van der Waals surface area contributed by atoms with Crippen molar-refractivity contribution in [2.75, 3.05) is 0 Å². The molecule has 2 saturated heterocycles. The van der Waals surface area contributed by atoms with E-state index in [0.29, 0.717) is 0 Å². The number of aromatic amines is 2. The average molecular weight is 727 g/mol. The van der Waals surface area contributed by atoms with Gasteiger partial charge < -0.3 is 19.4 Å². The normalized spacial score (nSPS) is 27.2. The fourth-order valence-corrected chi connectivity index (χ4v) is 8.92. The van der Waals surface area contributed by atoms with Crippen LogP contribution in [0.25, 0.3) is 44.4 Å². The summed E-state index contributed by atoms with van der Waals surface area (Å²) in [5.74, 6) is 1.61. The predicted molar refractivity (Wildman–Crippen MR) is 208 cm³/mol. The van der Waals surface area contributed by atoms with Gasteiger partial charge in [0.05, 0.1) is 35.9 Å². The molecule has 0 unspecified atom stereocenters. The van der Waals surface area contributed by atoms with Crippen LogP contribution < -0.4 is 0 Å². The second-order valence-electron chi connectivity index (χ2n) is 18.7. The first-order valence-corrected chi connectivity index (χ1v) is 19.2. The molecule has 2 N–H and O–H groups in total. The van der Waals surface area contributed by atoms with E-state index in [1.54, 1.807) is 0 Å². The van der Waals surface area contributed by atoms with Crippen molar-refractivity contribution in [3.8, 4) is 33.6 Å². The van der Waals surface area contributed by atoms with E-state index in [1.165, 1.54) is 0 Å². The molecule has 2 aliphatic heterocycles. The zero-order chi connectivity index (χ0) is 37.9. The number of carbonyl (C=O) groups is 2. The largest absolute Gasteiger partial charge is 0.444 e. The summed E-state index contributed by atoms with van der Waals surface area (Å²) in [6, 6.07) is 21.7. The molecule has 0 spiro atoms. The first-order valence-electron chi connectivity index (χ1n) is 19.2. The highest BCUT2D eigenvalue weighted by Gasteiger charge is 2.65. The highest BCUT2D eigenvalue weighted by molar-refractivity contribution is 5.90. The number of likely N-dealkylation sites (tertiary alicyclic amines) is 2. The number of rotatable bonds is 5. The molecule has 0 bridgehead atoms. The van der Waals surface area contributed by atoms with Gasteiger partial charge in [-0.05, 0) is 118 Å². The van der Waals surface area contributed by atoms with Crippen LogP contribution in [0.2, 0.25) is 0 Å². The lowest BCUT2D eigenvalue weighted by molar-refractivity contribution is 0.0164. The number of hydrogen-bond acceptors (Lipinski definition) is 6. The van der Waals surface area contributed by atoms with E-state index in [0.717, 1.165) is 81.7 Å². The number of aromatic nitrogens is 4. The molecule has 4 fully saturated rings. The van der Waals surface area contributed by atoms with E-state index in [4.69, 9.17) is 19.4 Å². The third-order valence-electron chi connectivity index (χ3n) is 12.0. The number of carbonyl (C=O) groups excluding carboxylic acids is 2. The fourth-order valence-electron chi connectivity index (χ4n) is 8.92. The Hall–Kier alpha value is -5.12. The molecule has 2 aromatic heterocycles. The maximum absolute atomic E-state index is 13.2. The summed E-state index contributed by atoms with van der Waals surface area (Å²) in [6.07, 6.45) is 7.00. The number of ether oxygens (including phenoxy) is 2. The van der Waals surface area contributed by atoms with Crippen LogP contribution in [0.3, 0.4) is 0 Å². The van der Waals surface area contributed by atoms with Gasteiger partial charge in [-0.1, -0.05) is 62.4 Å². The lowest BCUT2D eigenvalue weighted by Crippen LogP contribution is -2.38. The van der Waals surface area contributed by atoms with Gasteiger partial charge in [0.25, 0.3) is 0 Å². The molecule has 54 heavy (non-hydrogen) atoms. The highest BCUT2D eigenvalue weighted by Crippen LogP contribution is 2.64. The van der Waals surface area contributed by atoms with E-state index in [2.05, 4.69) is 84.5 Å². The Balaban J connectivity index is 0.898. The third kappa shape index (κ3) is 6.13. The topological polar surface area (TPSA) is 116 Å². The van der Waals surface area contributed by atoms with Gasteiger partial charge in [-0.2, -0.15) is 0 Å². The summed E-state index contributed by atoms with van der Waals surface area (Å²) in [7, 11) is 0. The maximum Gasteiger partial charge on any atom is 0.411 e. The van der Waals surface area contributed by atoms with Gasteiger partial charge in [0.2, 0.25) is 0 Å². The van der Waals surface area contributed by atoms with E-state index < -0.39 is 11.2 Å². The molecule has 280 valence electrons. The summed E-state index contributed by atoms with van der Waals surface area (Å²) in [5, 5.41) is 2.29. The minimum Gasteiger partial charge on any atom is -0.444 e. The van der Waals surface area contributed by atoms with Gasteiger partial charge in [0.15, 0.2) is 0 Å². The third-order valence-corrected chi connectivity index (χ3v) is 12.0. The number of imidazole rings is 2. The van der Waals surface area contributed by atoms with Crippen molar-refractivity contribution in [2.24, 2.45) is 10.8 Å². The monoisotopic (exact) mass is 726 g/mol. The lowest BCUT2D eigenvalue weighted by atomic mass is 9.98. The van der Waals surface area contributed by atoms with Crippen LogP contribution in [0.5, 0.6) is 0 Å². The quantitative estimate of drug-likeness (QED) is 0.186. The smallest absolute Gasteiger partial charge is 0.411 e. The molecule has 4 aliphatic rings. The van der Waals surface area contributed by atoms with Crippen LogP contribution >= 0.6 is 0 Å². The summed E-state index contributed by atoms with van der Waals surface area (Å²) in [6.45, 7) is 16.0. The molecule has 10 nitrogen and oxygen atoms in total. The van der Waals surface area contributed by atoms with Crippen LogP contribution in [0, 0.1) is 10.8 Å². The molecule has 5 aromatic rings. The van der Waals surface area contributed by atoms with Crippen molar-refractivity contribution < 1.29 is 19.1 Å². The van der Waals surface area contributed by atoms with Crippen molar-refractivity contribution in [1.29, 1.82) is 0 Å². The first kappa shape index (κ1) is 34.6. The molecular weight excluding hydrogens is 677 g/mol. The molecule has 2 saturated carbocycles. The van der Waals surface area contributed by atoms with Crippen molar-refractivity contribution in [3.63, 3.8) is 0 Å². The number of piperidine rings is 2. The molecule has 2 amide bonds. The number of fused-ring (bicyclic) bond motifs is 3. The van der Waals surface area contributed by atoms with Crippen molar-refractivity contribution in [3.05, 3.63) is 84.7 Å². The Labute approximate surface area is 316 Å². The molecule has 3 aromatic carbocycles. The molecule has 2 aliphatic carbocycles. The fraction of sp³-hybridized carbons (Fsp3) is 0.455. The summed E-state index contributed by atoms with van der Waals surface area (Å²) in [4.78, 5) is 46.8. The molecule has 9 rings (SSSR count). The summed E-state index contributed by atoms with van der Waals surface area (Å²) < 4.78 is 11.6. The molecule has 6 atom stereocenters. The number of nitrogens with zero attached hydrogens (tertiary/aromatic N) is 4. The zero-order valence-corrected chi connectivity index (χ0v) is 32.5. The van der Waals surface area contributed by atoms with E-state index in [1.807, 2.05) is 63.7 Å². The van der Waals surface area contributed by atoms with Crippen LogP contribution in [0.15, 0.2) is 73.1 Å². The number of amides is 2. The minimum atomic E-state index is -0.549. The van der Waals surface area contributed by atoms with Crippen LogP contribution in [-0.4, -0.2) is 65.2 Å². The lowest BCUT2D eigenvalue weighted by Gasteiger charge is -2.29. The minimum absolute atomic E-state index is 0.124. The second-order valence-corrected chi connectivity index (χ2v) is 18.7. The Morgan fingerprint density at radius 1 is 0.611 bits per heavy atom. The Morgan fingerprint density at radius 3 is 1.50 bits per heavy atom. The van der Waals surface area contributed by atoms with Crippen molar-refractivity contribution >= 4 is 23.0 Å². The first-order chi connectivity index (χ1) is 25.5. The molecule has 4 heterocycles. The highest BCUT2D eigenvalue weighted by atomic mass is 16.6. The standard InChI is InChI=1S/C44H50N6O4/c1-41(2,3)53-39(51)49-33(19-43(7)21-35(43)49)37-45-23-31(47-37)26-11-9-25(10-12-26)27-13-14-29-18-30(16-15-28(29)17-27)32-24-46-38(48-32)34-20-44(8)22-36(44)50(34)40(52)54-42(4,5)6/h9-18,23-24,33-36H,19-22H2,1-8H3,(H,45,47)(H,46,48)/t33-,34-,35-,36-,43+,44+/m0/s1. The molecule has 10 heteroatoms. The van der Waals surface area contributed by atoms with Crippen molar-refractivity contribution in [2.45, 2.75) is 116 Å². The van der Waals surface area contributed by atoms with Gasteiger partial charge in [0, 0.05) is 17.6 Å². The molecule has 0 radical (unpaired) electrons. The van der Waals surface area contributed by atoms with E-state index in [9.17, 15) is 9.59 Å². The Kier molecular flexibility index (Phi) is 7.50. The van der Waals surface area contributed by atoms with Crippen LogP contribution in [0.4, 0.5) is 9.59 Å². The van der Waals surface area contributed by atoms with Gasteiger partial charge >= 0.3 is 12.2 Å². The van der Waals surface area contributed by atoms with Gasteiger partial charge in [-0.3, -0.25) is 9.80 Å². The summed E-state index contributed by atoms with van der Waals surface area (Å²) in [5.41, 5.74) is 5.36. The van der Waals surface area contributed by atoms with Gasteiger partial charge in [-0.15, -0.1) is 0 Å². The van der Waals surface area contributed by atoms with Crippen LogP contribution in [0.1, 0.15) is 105 Å². The SMILES string of the molecule is CC(C)(C)OC(=O)N1[C@H]2C[C@@]2(C)C[C@H]1c1ncc(-c2ccc(-c3ccc4cc(-c5cnc([C@@H]6C[C@]7(C)C[C@@H]7N6C(=O)OC(C)(C)C)[nH]5)ccc4c3)cc2)[nH]1. The predicted octanol–water partition coefficient (Wildman–Crippen LogP) is 10.2. The maximum atomic E-state index is 13.2. The molecular formula is C44H50N6O4. The zero-order valence-electron chi connectivity index (χ0n) is 32.5. The van der Waals surface area contributed by atoms with Crippen LogP contribution in [-0.2, 0) is 9.47 Å². The Morgan fingerprint density at radius 2 is 1.02 bits per heavy atom.